The quantitative estimate of drug-likeness (QED) is 0.849. The van der Waals surface area contributed by atoms with Crippen LogP contribution < -0.4 is 5.32 Å². The van der Waals surface area contributed by atoms with Gasteiger partial charge in [-0.15, -0.1) is 0 Å². The molecule has 0 aliphatic carbocycles. The van der Waals surface area contributed by atoms with E-state index in [1.807, 2.05) is 0 Å². The minimum absolute atomic E-state index is 0.0811. The first kappa shape index (κ1) is 11.1. The number of pyridine rings is 1. The van der Waals surface area contributed by atoms with Crippen molar-refractivity contribution in [1.82, 2.24) is 10.3 Å². The number of nitrogens with zero attached hydrogens (tertiary/aromatic N) is 1. The lowest BCUT2D eigenvalue weighted by molar-refractivity contribution is 0.0917. The van der Waals surface area contributed by atoms with Crippen molar-refractivity contribution in [2.24, 2.45) is 0 Å². The lowest BCUT2D eigenvalue weighted by atomic mass is 10.3. The van der Waals surface area contributed by atoms with E-state index < -0.39 is 0 Å². The van der Waals surface area contributed by atoms with E-state index >= 15 is 0 Å². The Morgan fingerprint density at radius 2 is 2.43 bits per heavy atom. The number of aliphatic hydroxyl groups excluding tert-OH is 1. The summed E-state index contributed by atoms with van der Waals surface area (Å²) in [4.78, 5) is 15.4. The molecule has 0 aliphatic rings. The van der Waals surface area contributed by atoms with Crippen molar-refractivity contribution >= 4 is 21.8 Å². The van der Waals surface area contributed by atoms with Crippen LogP contribution in [0.1, 0.15) is 17.4 Å². The van der Waals surface area contributed by atoms with Gasteiger partial charge in [-0.3, -0.25) is 4.79 Å². The minimum atomic E-state index is -0.279. The van der Waals surface area contributed by atoms with Crippen LogP contribution in [0.15, 0.2) is 22.8 Å². The Balaban J connectivity index is 2.65. The number of halogens is 1. The standard InChI is InChI=1S/C9H11BrN2O2/c1-6(5-13)12-9(14)8-3-2-7(10)4-11-8/h2-4,6,13H,5H2,1H3,(H,12,14). The fourth-order valence-corrected chi connectivity index (χ4v) is 1.09. The molecular formula is C9H11BrN2O2. The third-order valence-corrected chi connectivity index (χ3v) is 2.08. The SMILES string of the molecule is CC(CO)NC(=O)c1ccc(Br)cn1. The van der Waals surface area contributed by atoms with Gasteiger partial charge in [-0.25, -0.2) is 4.98 Å². The molecule has 1 aromatic heterocycles. The molecule has 2 N–H and O–H groups in total. The second-order valence-corrected chi connectivity index (χ2v) is 3.83. The zero-order chi connectivity index (χ0) is 10.6. The van der Waals surface area contributed by atoms with Crippen molar-refractivity contribution < 1.29 is 9.90 Å². The molecule has 0 aromatic carbocycles. The fraction of sp³-hybridized carbons (Fsp3) is 0.333. The Bertz CT molecular complexity index is 313. The summed E-state index contributed by atoms with van der Waals surface area (Å²) in [6.07, 6.45) is 1.55. The lowest BCUT2D eigenvalue weighted by Gasteiger charge is -2.09. The third kappa shape index (κ3) is 3.08. The number of nitrogens with one attached hydrogen (secondary N) is 1. The zero-order valence-corrected chi connectivity index (χ0v) is 9.28. The van der Waals surface area contributed by atoms with Gasteiger partial charge in [0, 0.05) is 16.7 Å². The fourth-order valence-electron chi connectivity index (χ4n) is 0.854. The highest BCUT2D eigenvalue weighted by atomic mass is 79.9. The first-order valence-electron chi connectivity index (χ1n) is 4.16. The van der Waals surface area contributed by atoms with Crippen molar-refractivity contribution in [2.45, 2.75) is 13.0 Å². The molecule has 1 rings (SSSR count). The van der Waals surface area contributed by atoms with Crippen LogP contribution in [0.3, 0.4) is 0 Å². The number of aliphatic hydroxyl groups is 1. The summed E-state index contributed by atoms with van der Waals surface area (Å²) in [7, 11) is 0. The molecule has 0 saturated heterocycles. The van der Waals surface area contributed by atoms with Gasteiger partial charge in [0.15, 0.2) is 0 Å². The van der Waals surface area contributed by atoms with E-state index in [9.17, 15) is 4.79 Å². The molecule has 5 heteroatoms. The number of hydrogen-bond acceptors (Lipinski definition) is 3. The monoisotopic (exact) mass is 258 g/mol. The van der Waals surface area contributed by atoms with Crippen LogP contribution in [0.2, 0.25) is 0 Å². The highest BCUT2D eigenvalue weighted by Gasteiger charge is 2.09. The van der Waals surface area contributed by atoms with Crippen LogP contribution in [0.4, 0.5) is 0 Å². The summed E-state index contributed by atoms with van der Waals surface area (Å²) in [5.41, 5.74) is 0.341. The number of aromatic nitrogens is 1. The van der Waals surface area contributed by atoms with Gasteiger partial charge in [-0.05, 0) is 35.0 Å². The van der Waals surface area contributed by atoms with Gasteiger partial charge in [-0.1, -0.05) is 0 Å². The normalized spacial score (nSPS) is 12.2. The molecule has 1 aromatic rings. The first-order chi connectivity index (χ1) is 6.63. The molecule has 1 heterocycles. The van der Waals surface area contributed by atoms with Crippen molar-refractivity contribution in [3.05, 3.63) is 28.5 Å². The van der Waals surface area contributed by atoms with E-state index in [-0.39, 0.29) is 18.6 Å². The van der Waals surface area contributed by atoms with E-state index in [4.69, 9.17) is 5.11 Å². The van der Waals surface area contributed by atoms with Crippen LogP contribution in [-0.4, -0.2) is 28.6 Å². The molecule has 0 bridgehead atoms. The molecule has 0 spiro atoms. The predicted octanol–water partition coefficient (Wildman–Crippen LogP) is 0.955. The van der Waals surface area contributed by atoms with Crippen LogP contribution in [0, 0.1) is 0 Å². The van der Waals surface area contributed by atoms with Gasteiger partial charge in [0.05, 0.1) is 6.61 Å². The molecule has 1 amide bonds. The Kier molecular flexibility index (Phi) is 4.03. The number of amides is 1. The van der Waals surface area contributed by atoms with Crippen molar-refractivity contribution in [2.75, 3.05) is 6.61 Å². The maximum absolute atomic E-state index is 11.4. The molecule has 1 atom stereocenters. The van der Waals surface area contributed by atoms with Crippen LogP contribution in [0.25, 0.3) is 0 Å². The van der Waals surface area contributed by atoms with Crippen LogP contribution in [0.5, 0.6) is 0 Å². The highest BCUT2D eigenvalue weighted by Crippen LogP contribution is 2.07. The largest absolute Gasteiger partial charge is 0.394 e. The van der Waals surface area contributed by atoms with Gasteiger partial charge in [-0.2, -0.15) is 0 Å². The molecule has 0 fully saturated rings. The molecule has 4 nitrogen and oxygen atoms in total. The Labute approximate surface area is 90.5 Å². The molecule has 76 valence electrons. The van der Waals surface area contributed by atoms with Gasteiger partial charge < -0.3 is 10.4 Å². The molecule has 0 aliphatic heterocycles. The average Bonchev–Trinajstić information content (AvgIpc) is 2.18. The Hall–Kier alpha value is -0.940. The van der Waals surface area contributed by atoms with Gasteiger partial charge >= 0.3 is 0 Å². The molecule has 0 saturated carbocycles. The lowest BCUT2D eigenvalue weighted by Crippen LogP contribution is -2.35. The van der Waals surface area contributed by atoms with Crippen molar-refractivity contribution in [1.29, 1.82) is 0 Å². The van der Waals surface area contributed by atoms with Crippen LogP contribution >= 0.6 is 15.9 Å². The number of carbonyl (C=O) groups excluding carboxylic acids is 1. The van der Waals surface area contributed by atoms with Crippen molar-refractivity contribution in [3.8, 4) is 0 Å². The maximum Gasteiger partial charge on any atom is 0.270 e. The zero-order valence-electron chi connectivity index (χ0n) is 7.70. The topological polar surface area (TPSA) is 62.2 Å². The second-order valence-electron chi connectivity index (χ2n) is 2.92. The van der Waals surface area contributed by atoms with E-state index in [2.05, 4.69) is 26.2 Å². The number of carbonyl (C=O) groups is 1. The van der Waals surface area contributed by atoms with Crippen molar-refractivity contribution in [3.63, 3.8) is 0 Å². The first-order valence-corrected chi connectivity index (χ1v) is 4.96. The van der Waals surface area contributed by atoms with Crippen LogP contribution in [-0.2, 0) is 0 Å². The van der Waals surface area contributed by atoms with E-state index in [1.54, 1.807) is 25.3 Å². The summed E-state index contributed by atoms with van der Waals surface area (Å²) in [5, 5.41) is 11.3. The Morgan fingerprint density at radius 3 is 2.93 bits per heavy atom. The summed E-state index contributed by atoms with van der Waals surface area (Å²) in [5.74, 6) is -0.279. The summed E-state index contributed by atoms with van der Waals surface area (Å²) >= 11 is 3.22. The molecule has 14 heavy (non-hydrogen) atoms. The minimum Gasteiger partial charge on any atom is -0.394 e. The average molecular weight is 259 g/mol. The smallest absolute Gasteiger partial charge is 0.270 e. The maximum atomic E-state index is 11.4. The van der Waals surface area contributed by atoms with E-state index in [1.165, 1.54) is 0 Å². The Morgan fingerprint density at radius 1 is 1.71 bits per heavy atom. The summed E-state index contributed by atoms with van der Waals surface area (Å²) < 4.78 is 0.823. The molecule has 0 radical (unpaired) electrons. The molecular weight excluding hydrogens is 248 g/mol. The van der Waals surface area contributed by atoms with E-state index in [0.29, 0.717) is 5.69 Å². The number of rotatable bonds is 3. The van der Waals surface area contributed by atoms with Gasteiger partial charge in [0.1, 0.15) is 5.69 Å². The second kappa shape index (κ2) is 5.07. The third-order valence-electron chi connectivity index (χ3n) is 1.61. The van der Waals surface area contributed by atoms with Gasteiger partial charge in [0.25, 0.3) is 5.91 Å². The highest BCUT2D eigenvalue weighted by molar-refractivity contribution is 9.10. The van der Waals surface area contributed by atoms with Gasteiger partial charge in [0.2, 0.25) is 0 Å². The summed E-state index contributed by atoms with van der Waals surface area (Å²) in [6, 6.07) is 3.10. The molecule has 1 unspecified atom stereocenters. The predicted molar refractivity (Wildman–Crippen MR) is 56.0 cm³/mol. The van der Waals surface area contributed by atoms with E-state index in [0.717, 1.165) is 4.47 Å². The number of hydrogen-bond donors (Lipinski definition) is 2. The summed E-state index contributed by atoms with van der Waals surface area (Å²) in [6.45, 7) is 1.64.